The molecule has 1 aliphatic carbocycles. The molecule has 5 heteroatoms. The fourth-order valence-electron chi connectivity index (χ4n) is 4.07. The number of hydrogen-bond donors (Lipinski definition) is 0. The third-order valence-corrected chi connectivity index (χ3v) is 5.79. The zero-order chi connectivity index (χ0) is 16.5. The lowest BCUT2D eigenvalue weighted by Gasteiger charge is -2.20. The monoisotopic (exact) mass is 330 g/mol. The van der Waals surface area contributed by atoms with E-state index in [1.807, 2.05) is 23.1 Å². The molecule has 4 rings (SSSR count). The maximum Gasteiger partial charge on any atom is 0.226 e. The van der Waals surface area contributed by atoms with Crippen LogP contribution >= 0.6 is 0 Å². The molecular weight excluding hydrogens is 304 g/mol. The van der Waals surface area contributed by atoms with E-state index in [0.717, 1.165) is 44.8 Å². The lowest BCUT2D eigenvalue weighted by Crippen LogP contribution is -2.32. The lowest BCUT2D eigenvalue weighted by atomic mass is 9.91. The molecular formula is C19H26N2O3. The van der Waals surface area contributed by atoms with Gasteiger partial charge in [0.05, 0.1) is 25.0 Å². The summed E-state index contributed by atoms with van der Waals surface area (Å²) in [5, 5.41) is 0. The smallest absolute Gasteiger partial charge is 0.226 e. The predicted molar refractivity (Wildman–Crippen MR) is 89.1 cm³/mol. The summed E-state index contributed by atoms with van der Waals surface area (Å²) in [6.07, 6.45) is 4.09. The first-order valence-corrected chi connectivity index (χ1v) is 9.10. The molecule has 2 unspecified atom stereocenters. The van der Waals surface area contributed by atoms with Crippen molar-refractivity contribution in [3.63, 3.8) is 0 Å². The molecule has 2 saturated heterocycles. The van der Waals surface area contributed by atoms with E-state index in [0.29, 0.717) is 30.3 Å². The van der Waals surface area contributed by atoms with Crippen LogP contribution in [0.25, 0.3) is 0 Å². The Bertz CT molecular complexity index is 579. The van der Waals surface area contributed by atoms with Crippen molar-refractivity contribution in [3.05, 3.63) is 30.1 Å². The van der Waals surface area contributed by atoms with E-state index in [2.05, 4.69) is 11.9 Å². The van der Waals surface area contributed by atoms with Crippen LogP contribution in [0, 0.1) is 23.7 Å². The summed E-state index contributed by atoms with van der Waals surface area (Å²) >= 11 is 0. The van der Waals surface area contributed by atoms with Crippen molar-refractivity contribution >= 4 is 5.91 Å². The number of pyridine rings is 1. The van der Waals surface area contributed by atoms with E-state index < -0.39 is 0 Å². The molecule has 5 atom stereocenters. The predicted octanol–water partition coefficient (Wildman–Crippen LogP) is 2.12. The Morgan fingerprint density at radius 1 is 1.42 bits per heavy atom. The van der Waals surface area contributed by atoms with Gasteiger partial charge in [0, 0.05) is 37.7 Å². The molecule has 3 heterocycles. The molecule has 0 spiro atoms. The van der Waals surface area contributed by atoms with Crippen molar-refractivity contribution in [1.82, 2.24) is 9.88 Å². The number of amides is 1. The Labute approximate surface area is 143 Å². The van der Waals surface area contributed by atoms with Gasteiger partial charge in [0.25, 0.3) is 0 Å². The van der Waals surface area contributed by atoms with Gasteiger partial charge in [-0.3, -0.25) is 9.78 Å². The highest BCUT2D eigenvalue weighted by Crippen LogP contribution is 2.42. The summed E-state index contributed by atoms with van der Waals surface area (Å²) in [6, 6.07) is 5.87. The van der Waals surface area contributed by atoms with Gasteiger partial charge in [-0.25, -0.2) is 0 Å². The minimum absolute atomic E-state index is 0.240. The fraction of sp³-hybridized carbons (Fsp3) is 0.684. The number of aromatic nitrogens is 1. The second-order valence-electron chi connectivity index (χ2n) is 7.52. The molecule has 0 N–H and O–H groups in total. The van der Waals surface area contributed by atoms with Crippen LogP contribution in [0.4, 0.5) is 0 Å². The van der Waals surface area contributed by atoms with Crippen LogP contribution in [0.2, 0.25) is 0 Å². The molecule has 1 aromatic heterocycles. The average molecular weight is 330 g/mol. The number of rotatable bonds is 6. The SMILES string of the molecule is CC1CC1C(=O)N1C[C@H]2[C@@H](CCOCc3ccccn3)CO[C@H]2C1. The highest BCUT2D eigenvalue weighted by Gasteiger charge is 2.49. The second-order valence-corrected chi connectivity index (χ2v) is 7.52. The molecule has 130 valence electrons. The number of carbonyl (C=O) groups excluding carboxylic acids is 1. The molecule has 3 fully saturated rings. The first-order chi connectivity index (χ1) is 11.7. The minimum atomic E-state index is 0.240. The highest BCUT2D eigenvalue weighted by atomic mass is 16.5. The number of hydrogen-bond acceptors (Lipinski definition) is 4. The average Bonchev–Trinajstić information content (AvgIpc) is 3.02. The summed E-state index contributed by atoms with van der Waals surface area (Å²) in [5.74, 6) is 2.21. The molecule has 0 aromatic carbocycles. The number of fused-ring (bicyclic) bond motifs is 1. The molecule has 0 radical (unpaired) electrons. The van der Waals surface area contributed by atoms with E-state index in [4.69, 9.17) is 9.47 Å². The van der Waals surface area contributed by atoms with Gasteiger partial charge in [0.1, 0.15) is 0 Å². The van der Waals surface area contributed by atoms with Crippen molar-refractivity contribution in [2.45, 2.75) is 32.5 Å². The molecule has 0 bridgehead atoms. The number of nitrogens with zero attached hydrogens (tertiary/aromatic N) is 2. The van der Waals surface area contributed by atoms with Gasteiger partial charge in [0.2, 0.25) is 5.91 Å². The minimum Gasteiger partial charge on any atom is -0.376 e. The zero-order valence-corrected chi connectivity index (χ0v) is 14.3. The first-order valence-electron chi connectivity index (χ1n) is 9.10. The Balaban J connectivity index is 1.22. The van der Waals surface area contributed by atoms with Crippen molar-refractivity contribution in [1.29, 1.82) is 0 Å². The van der Waals surface area contributed by atoms with E-state index in [1.54, 1.807) is 6.20 Å². The Kier molecular flexibility index (Phi) is 4.55. The summed E-state index contributed by atoms with van der Waals surface area (Å²) in [4.78, 5) is 18.7. The Morgan fingerprint density at radius 2 is 2.29 bits per heavy atom. The van der Waals surface area contributed by atoms with Crippen molar-refractivity contribution in [2.24, 2.45) is 23.7 Å². The van der Waals surface area contributed by atoms with Crippen molar-refractivity contribution in [3.8, 4) is 0 Å². The number of likely N-dealkylation sites (tertiary alicyclic amines) is 1. The van der Waals surface area contributed by atoms with Crippen LogP contribution < -0.4 is 0 Å². The molecule has 5 nitrogen and oxygen atoms in total. The molecule has 2 aliphatic heterocycles. The van der Waals surface area contributed by atoms with Gasteiger partial charge in [0.15, 0.2) is 0 Å². The summed E-state index contributed by atoms with van der Waals surface area (Å²) in [6.45, 7) is 5.92. The standard InChI is InChI=1S/C19H26N2O3/c1-13-8-16(13)19(22)21-9-17-14(11-24-18(17)10-21)5-7-23-12-15-4-2-3-6-20-15/h2-4,6,13-14,16-18H,5,7-12H2,1H3/t13?,14-,16?,17-,18-/m0/s1. The Hall–Kier alpha value is -1.46. The van der Waals surface area contributed by atoms with Crippen molar-refractivity contribution in [2.75, 3.05) is 26.3 Å². The highest BCUT2D eigenvalue weighted by molar-refractivity contribution is 5.82. The summed E-state index contributed by atoms with van der Waals surface area (Å²) < 4.78 is 11.7. The van der Waals surface area contributed by atoms with Crippen LogP contribution in [0.1, 0.15) is 25.5 Å². The zero-order valence-electron chi connectivity index (χ0n) is 14.3. The molecule has 1 saturated carbocycles. The largest absolute Gasteiger partial charge is 0.376 e. The third kappa shape index (κ3) is 3.33. The van der Waals surface area contributed by atoms with Gasteiger partial charge in [-0.15, -0.1) is 0 Å². The van der Waals surface area contributed by atoms with Gasteiger partial charge in [-0.05, 0) is 36.8 Å². The number of carbonyl (C=O) groups is 1. The molecule has 3 aliphatic rings. The molecule has 1 amide bonds. The van der Waals surface area contributed by atoms with Gasteiger partial charge >= 0.3 is 0 Å². The third-order valence-electron chi connectivity index (χ3n) is 5.79. The van der Waals surface area contributed by atoms with Crippen LogP contribution in [-0.4, -0.2) is 48.2 Å². The van der Waals surface area contributed by atoms with Crippen LogP contribution in [0.5, 0.6) is 0 Å². The first kappa shape index (κ1) is 16.0. The topological polar surface area (TPSA) is 51.7 Å². The van der Waals surface area contributed by atoms with Crippen molar-refractivity contribution < 1.29 is 14.3 Å². The van der Waals surface area contributed by atoms with Crippen LogP contribution in [0.3, 0.4) is 0 Å². The second kappa shape index (κ2) is 6.81. The molecule has 24 heavy (non-hydrogen) atoms. The Morgan fingerprint density at radius 3 is 3.04 bits per heavy atom. The van der Waals surface area contributed by atoms with E-state index >= 15 is 0 Å². The normalized spacial score (nSPS) is 34.4. The van der Waals surface area contributed by atoms with Gasteiger partial charge < -0.3 is 14.4 Å². The summed E-state index contributed by atoms with van der Waals surface area (Å²) in [5.41, 5.74) is 0.967. The maximum absolute atomic E-state index is 12.4. The number of ether oxygens (including phenoxy) is 2. The van der Waals surface area contributed by atoms with Crippen LogP contribution in [0.15, 0.2) is 24.4 Å². The van der Waals surface area contributed by atoms with E-state index in [9.17, 15) is 4.79 Å². The lowest BCUT2D eigenvalue weighted by molar-refractivity contribution is -0.132. The fourth-order valence-corrected chi connectivity index (χ4v) is 4.07. The summed E-state index contributed by atoms with van der Waals surface area (Å²) in [7, 11) is 0. The van der Waals surface area contributed by atoms with Crippen LogP contribution in [-0.2, 0) is 20.9 Å². The molecule has 1 aromatic rings. The van der Waals surface area contributed by atoms with Gasteiger partial charge in [-0.2, -0.15) is 0 Å². The van der Waals surface area contributed by atoms with E-state index in [1.165, 1.54) is 0 Å². The van der Waals surface area contributed by atoms with Gasteiger partial charge in [-0.1, -0.05) is 13.0 Å². The quantitative estimate of drug-likeness (QED) is 0.750. The van der Waals surface area contributed by atoms with E-state index in [-0.39, 0.29) is 12.0 Å². The maximum atomic E-state index is 12.4.